The Bertz CT molecular complexity index is 575. The SMILES string of the molecule is OC(c1ccn(CC(F)(F)c2ccccc2)c1)C1CC1. The van der Waals surface area contributed by atoms with Gasteiger partial charge in [0.1, 0.15) is 0 Å². The third-order valence-electron chi connectivity index (χ3n) is 3.76. The monoisotopic (exact) mass is 277 g/mol. The molecule has 1 aromatic carbocycles. The molecule has 1 aliphatic carbocycles. The van der Waals surface area contributed by atoms with Crippen molar-refractivity contribution in [1.82, 2.24) is 4.57 Å². The number of aliphatic hydroxyl groups is 1. The van der Waals surface area contributed by atoms with E-state index in [0.29, 0.717) is 5.92 Å². The average molecular weight is 277 g/mol. The number of rotatable bonds is 5. The molecule has 0 bridgehead atoms. The number of aliphatic hydroxyl groups excluding tert-OH is 1. The number of hydrogen-bond donors (Lipinski definition) is 1. The maximum absolute atomic E-state index is 14.1. The van der Waals surface area contributed by atoms with Crippen molar-refractivity contribution in [2.24, 2.45) is 5.92 Å². The van der Waals surface area contributed by atoms with Crippen molar-refractivity contribution >= 4 is 0 Å². The van der Waals surface area contributed by atoms with Crippen LogP contribution in [0.25, 0.3) is 0 Å². The topological polar surface area (TPSA) is 25.2 Å². The number of nitrogens with zero attached hydrogens (tertiary/aromatic N) is 1. The Morgan fingerprint density at radius 2 is 1.90 bits per heavy atom. The molecule has 1 aliphatic rings. The highest BCUT2D eigenvalue weighted by Crippen LogP contribution is 2.41. The van der Waals surface area contributed by atoms with Gasteiger partial charge in [0, 0.05) is 18.0 Å². The lowest BCUT2D eigenvalue weighted by Gasteiger charge is -2.17. The summed E-state index contributed by atoms with van der Waals surface area (Å²) in [6.45, 7) is -0.408. The average Bonchev–Trinajstić information content (AvgIpc) is 3.19. The van der Waals surface area contributed by atoms with Gasteiger partial charge in [0.2, 0.25) is 0 Å². The normalized spacial score (nSPS) is 17.1. The van der Waals surface area contributed by atoms with Crippen molar-refractivity contribution in [3.8, 4) is 0 Å². The van der Waals surface area contributed by atoms with Crippen LogP contribution in [0.15, 0.2) is 48.8 Å². The Hall–Kier alpha value is -1.68. The molecule has 2 aromatic rings. The summed E-state index contributed by atoms with van der Waals surface area (Å²) in [5.74, 6) is -2.61. The van der Waals surface area contributed by atoms with Crippen LogP contribution in [0.4, 0.5) is 8.78 Å². The highest BCUT2D eigenvalue weighted by Gasteiger charge is 2.33. The summed E-state index contributed by atoms with van der Waals surface area (Å²) in [7, 11) is 0. The molecule has 1 heterocycles. The van der Waals surface area contributed by atoms with E-state index < -0.39 is 18.6 Å². The summed E-state index contributed by atoms with van der Waals surface area (Å²) >= 11 is 0. The Kier molecular flexibility index (Phi) is 3.34. The second-order valence-electron chi connectivity index (χ2n) is 5.47. The molecule has 20 heavy (non-hydrogen) atoms. The summed E-state index contributed by atoms with van der Waals surface area (Å²) in [6, 6.07) is 9.54. The van der Waals surface area contributed by atoms with E-state index in [4.69, 9.17) is 0 Å². The van der Waals surface area contributed by atoms with Crippen molar-refractivity contribution < 1.29 is 13.9 Å². The molecule has 0 spiro atoms. The van der Waals surface area contributed by atoms with E-state index >= 15 is 0 Å². The Morgan fingerprint density at radius 1 is 1.20 bits per heavy atom. The lowest BCUT2D eigenvalue weighted by molar-refractivity contribution is -0.0222. The summed E-state index contributed by atoms with van der Waals surface area (Å²) in [6.07, 6.45) is 4.76. The second kappa shape index (κ2) is 5.02. The highest BCUT2D eigenvalue weighted by molar-refractivity contribution is 5.21. The molecule has 0 radical (unpaired) electrons. The van der Waals surface area contributed by atoms with Crippen LogP contribution in [-0.4, -0.2) is 9.67 Å². The molecular formula is C16H17F2NO. The van der Waals surface area contributed by atoms with Gasteiger partial charge in [0.25, 0.3) is 5.92 Å². The Balaban J connectivity index is 1.74. The fourth-order valence-corrected chi connectivity index (χ4v) is 2.42. The van der Waals surface area contributed by atoms with E-state index in [0.717, 1.165) is 18.4 Å². The number of halogens is 2. The van der Waals surface area contributed by atoms with E-state index in [1.165, 1.54) is 16.7 Å². The minimum Gasteiger partial charge on any atom is -0.388 e. The van der Waals surface area contributed by atoms with Crippen LogP contribution in [0.2, 0.25) is 0 Å². The van der Waals surface area contributed by atoms with Gasteiger partial charge in [-0.2, -0.15) is 8.78 Å². The Morgan fingerprint density at radius 3 is 2.55 bits per heavy atom. The van der Waals surface area contributed by atoms with Crippen LogP contribution in [0.1, 0.15) is 30.1 Å². The number of hydrogen-bond acceptors (Lipinski definition) is 1. The predicted octanol–water partition coefficient (Wildman–Crippen LogP) is 3.72. The first-order valence-corrected chi connectivity index (χ1v) is 6.83. The molecule has 1 atom stereocenters. The van der Waals surface area contributed by atoms with Crippen LogP contribution in [0.3, 0.4) is 0 Å². The lowest BCUT2D eigenvalue weighted by atomic mass is 10.1. The quantitative estimate of drug-likeness (QED) is 0.885. The van der Waals surface area contributed by atoms with Gasteiger partial charge in [-0.1, -0.05) is 30.3 Å². The summed E-state index contributed by atoms with van der Waals surface area (Å²) < 4.78 is 29.7. The molecular weight excluding hydrogens is 260 g/mol. The van der Waals surface area contributed by atoms with E-state index in [1.54, 1.807) is 36.7 Å². The van der Waals surface area contributed by atoms with Gasteiger partial charge < -0.3 is 9.67 Å². The third kappa shape index (κ3) is 2.75. The molecule has 1 unspecified atom stereocenters. The van der Waals surface area contributed by atoms with Gasteiger partial charge in [-0.15, -0.1) is 0 Å². The maximum Gasteiger partial charge on any atom is 0.290 e. The van der Waals surface area contributed by atoms with Crippen molar-refractivity contribution in [3.05, 3.63) is 59.9 Å². The van der Waals surface area contributed by atoms with Crippen LogP contribution >= 0.6 is 0 Å². The van der Waals surface area contributed by atoms with Gasteiger partial charge in [-0.25, -0.2) is 0 Å². The number of aromatic nitrogens is 1. The molecule has 2 nitrogen and oxygen atoms in total. The standard InChI is InChI=1S/C16H17F2NO/c17-16(18,14-4-2-1-3-5-14)11-19-9-8-13(10-19)15(20)12-6-7-12/h1-5,8-10,12,15,20H,6-7,11H2. The minimum atomic E-state index is -2.91. The third-order valence-corrected chi connectivity index (χ3v) is 3.76. The van der Waals surface area contributed by atoms with E-state index in [1.807, 2.05) is 0 Å². The summed E-state index contributed by atoms with van der Waals surface area (Å²) in [5, 5.41) is 9.99. The molecule has 0 amide bonds. The number of alkyl halides is 2. The van der Waals surface area contributed by atoms with Crippen molar-refractivity contribution in [1.29, 1.82) is 0 Å². The first-order valence-electron chi connectivity index (χ1n) is 6.83. The molecule has 0 saturated heterocycles. The zero-order chi connectivity index (χ0) is 14.2. The van der Waals surface area contributed by atoms with Gasteiger partial charge in [0.05, 0.1) is 12.6 Å². The molecule has 1 saturated carbocycles. The molecule has 1 N–H and O–H groups in total. The van der Waals surface area contributed by atoms with Crippen LogP contribution in [-0.2, 0) is 12.5 Å². The largest absolute Gasteiger partial charge is 0.388 e. The minimum absolute atomic E-state index is 0.0120. The van der Waals surface area contributed by atoms with Crippen molar-refractivity contribution in [3.63, 3.8) is 0 Å². The molecule has 106 valence electrons. The van der Waals surface area contributed by atoms with E-state index in [9.17, 15) is 13.9 Å². The van der Waals surface area contributed by atoms with Crippen molar-refractivity contribution in [2.45, 2.75) is 31.4 Å². The summed E-state index contributed by atoms with van der Waals surface area (Å²) in [4.78, 5) is 0. The molecule has 0 aliphatic heterocycles. The van der Waals surface area contributed by atoms with Crippen molar-refractivity contribution in [2.75, 3.05) is 0 Å². The van der Waals surface area contributed by atoms with Gasteiger partial charge >= 0.3 is 0 Å². The molecule has 3 rings (SSSR count). The smallest absolute Gasteiger partial charge is 0.290 e. The molecule has 1 aromatic heterocycles. The fraction of sp³-hybridized carbons (Fsp3) is 0.375. The molecule has 1 fully saturated rings. The predicted molar refractivity (Wildman–Crippen MR) is 72.5 cm³/mol. The zero-order valence-corrected chi connectivity index (χ0v) is 11.0. The first-order chi connectivity index (χ1) is 9.56. The second-order valence-corrected chi connectivity index (χ2v) is 5.47. The zero-order valence-electron chi connectivity index (χ0n) is 11.0. The first kappa shape index (κ1) is 13.3. The number of benzene rings is 1. The van der Waals surface area contributed by atoms with Crippen LogP contribution < -0.4 is 0 Å². The molecule has 4 heteroatoms. The van der Waals surface area contributed by atoms with E-state index in [-0.39, 0.29) is 5.56 Å². The van der Waals surface area contributed by atoms with Gasteiger partial charge in [-0.05, 0) is 30.4 Å². The maximum atomic E-state index is 14.1. The summed E-state index contributed by atoms with van der Waals surface area (Å²) in [5.41, 5.74) is 0.745. The van der Waals surface area contributed by atoms with Crippen LogP contribution in [0.5, 0.6) is 0 Å². The Labute approximate surface area is 116 Å². The lowest BCUT2D eigenvalue weighted by Crippen LogP contribution is -2.20. The van der Waals surface area contributed by atoms with E-state index in [2.05, 4.69) is 0 Å². The fourth-order valence-electron chi connectivity index (χ4n) is 2.42. The van der Waals surface area contributed by atoms with Gasteiger partial charge in [-0.3, -0.25) is 0 Å². The highest BCUT2D eigenvalue weighted by atomic mass is 19.3. The van der Waals surface area contributed by atoms with Crippen LogP contribution in [0, 0.1) is 5.92 Å². The van der Waals surface area contributed by atoms with Gasteiger partial charge in [0.15, 0.2) is 0 Å².